The number of carbonyl (C=O) groups excluding carboxylic acids is 2. The van der Waals surface area contributed by atoms with Gasteiger partial charge in [0.25, 0.3) is 5.91 Å². The van der Waals surface area contributed by atoms with Crippen LogP contribution >= 0.6 is 0 Å². The second kappa shape index (κ2) is 13.9. The van der Waals surface area contributed by atoms with Gasteiger partial charge in [-0.15, -0.1) is 0 Å². The number of aromatic nitrogens is 1. The molecule has 0 saturated carbocycles. The summed E-state index contributed by atoms with van der Waals surface area (Å²) in [7, 11) is -0.683. The van der Waals surface area contributed by atoms with Gasteiger partial charge in [0.2, 0.25) is 10.0 Å². The van der Waals surface area contributed by atoms with E-state index in [9.17, 15) is 18.0 Å². The van der Waals surface area contributed by atoms with Gasteiger partial charge >= 0.3 is 5.97 Å². The molecule has 1 saturated heterocycles. The van der Waals surface area contributed by atoms with Crippen molar-refractivity contribution in [2.75, 3.05) is 39.2 Å². The number of methoxy groups -OCH3 is 2. The minimum absolute atomic E-state index is 0.0564. The van der Waals surface area contributed by atoms with Crippen molar-refractivity contribution in [2.45, 2.75) is 43.4 Å². The normalized spacial score (nSPS) is 16.0. The van der Waals surface area contributed by atoms with E-state index < -0.39 is 28.5 Å². The van der Waals surface area contributed by atoms with Gasteiger partial charge in [-0.05, 0) is 91.3 Å². The van der Waals surface area contributed by atoms with Crippen LogP contribution in [0.3, 0.4) is 0 Å². The molecule has 0 atom stereocenters. The smallest absolute Gasteiger partial charge is 0.339 e. The number of carbonyl (C=O) groups is 2. The average Bonchev–Trinajstić information content (AvgIpc) is 3.10. The number of fused-ring (bicyclic) bond motifs is 2. The Kier molecular flexibility index (Phi) is 9.55. The van der Waals surface area contributed by atoms with Crippen LogP contribution in [0.15, 0.2) is 71.6 Å². The van der Waals surface area contributed by atoms with Gasteiger partial charge in [-0.1, -0.05) is 36.8 Å². The fraction of sp³-hybridized carbons (Fsp3) is 0.306. The minimum Gasteiger partial charge on any atom is -0.497 e. The highest BCUT2D eigenvalue weighted by atomic mass is 32.2. The Morgan fingerprint density at radius 3 is 2.43 bits per heavy atom. The molecule has 3 aromatic carbocycles. The number of esters is 1. The zero-order valence-electron chi connectivity index (χ0n) is 26.5. The van der Waals surface area contributed by atoms with Crippen LogP contribution in [-0.4, -0.2) is 63.5 Å². The monoisotopic (exact) mass is 655 g/mol. The Bertz CT molecular complexity index is 1950. The van der Waals surface area contributed by atoms with Crippen LogP contribution < -0.4 is 14.8 Å². The molecule has 1 amide bonds. The number of nitrogens with one attached hydrogen (secondary N) is 1. The van der Waals surface area contributed by atoms with E-state index in [0.717, 1.165) is 60.2 Å². The Hall–Kier alpha value is -4.74. The second-order valence-electron chi connectivity index (χ2n) is 11.6. The van der Waals surface area contributed by atoms with E-state index in [0.29, 0.717) is 36.0 Å². The summed E-state index contributed by atoms with van der Waals surface area (Å²) < 4.78 is 44.3. The molecular weight excluding hydrogens is 618 g/mol. The van der Waals surface area contributed by atoms with E-state index in [1.54, 1.807) is 7.11 Å². The zero-order chi connectivity index (χ0) is 33.0. The molecule has 1 fully saturated rings. The molecule has 11 heteroatoms. The van der Waals surface area contributed by atoms with Gasteiger partial charge in [0.1, 0.15) is 11.5 Å². The van der Waals surface area contributed by atoms with E-state index in [1.165, 1.54) is 29.6 Å². The number of sulfonamides is 1. The maximum Gasteiger partial charge on any atom is 0.339 e. The Morgan fingerprint density at radius 1 is 0.915 bits per heavy atom. The number of hydrogen-bond donors (Lipinski definition) is 1. The van der Waals surface area contributed by atoms with Gasteiger partial charge in [0.15, 0.2) is 6.61 Å². The van der Waals surface area contributed by atoms with Crippen LogP contribution in [0, 0.1) is 0 Å². The van der Waals surface area contributed by atoms with Gasteiger partial charge in [0, 0.05) is 18.5 Å². The fourth-order valence-electron chi connectivity index (χ4n) is 6.20. The molecule has 6 rings (SSSR count). The molecule has 0 bridgehead atoms. The molecule has 2 heterocycles. The summed E-state index contributed by atoms with van der Waals surface area (Å²) in [6, 6.07) is 19.5. The number of anilines is 1. The summed E-state index contributed by atoms with van der Waals surface area (Å²) in [5.41, 5.74) is 4.77. The molecule has 0 radical (unpaired) electrons. The Balaban J connectivity index is 1.24. The topological polar surface area (TPSA) is 124 Å². The number of piperidine rings is 1. The molecular formula is C36H37N3O7S. The third kappa shape index (κ3) is 6.86. The van der Waals surface area contributed by atoms with Crippen molar-refractivity contribution in [2.24, 2.45) is 0 Å². The lowest BCUT2D eigenvalue weighted by molar-refractivity contribution is -0.119. The standard InChI is InChI=1S/C36H37N3O7S/c1-44-26-15-13-24(14-16-26)21-25-9-8-11-29-34(28-10-4-5-12-30(28)38-35(25)29)36(41)46-23-33(40)37-31-22-27(17-18-32(31)45-2)47(42,43)39-19-6-3-7-20-39/h4-5,10,12-18,21-22H,3,6-9,11,19-20,23H2,1-2H3,(H,37,40). The number of benzene rings is 3. The number of hydrogen-bond acceptors (Lipinski definition) is 8. The first kappa shape index (κ1) is 32.2. The van der Waals surface area contributed by atoms with Crippen molar-refractivity contribution in [1.82, 2.24) is 9.29 Å². The summed E-state index contributed by atoms with van der Waals surface area (Å²) in [4.78, 5) is 31.8. The molecule has 0 unspecified atom stereocenters. The molecule has 1 aliphatic carbocycles. The van der Waals surface area contributed by atoms with E-state index in [1.807, 2.05) is 48.5 Å². The molecule has 47 heavy (non-hydrogen) atoms. The van der Waals surface area contributed by atoms with Crippen molar-refractivity contribution in [3.63, 3.8) is 0 Å². The van der Waals surface area contributed by atoms with Crippen molar-refractivity contribution in [3.8, 4) is 11.5 Å². The molecule has 244 valence electrons. The van der Waals surface area contributed by atoms with Crippen LogP contribution in [0.1, 0.15) is 59.3 Å². The van der Waals surface area contributed by atoms with Crippen LogP contribution in [0.4, 0.5) is 5.69 Å². The van der Waals surface area contributed by atoms with Crippen LogP contribution in [0.2, 0.25) is 0 Å². The summed E-state index contributed by atoms with van der Waals surface area (Å²) in [6.07, 6.45) is 6.95. The lowest BCUT2D eigenvalue weighted by atomic mass is 9.86. The molecule has 4 aromatic rings. The summed E-state index contributed by atoms with van der Waals surface area (Å²) >= 11 is 0. The highest BCUT2D eigenvalue weighted by Crippen LogP contribution is 2.37. The molecule has 1 aromatic heterocycles. The minimum atomic E-state index is -3.74. The molecule has 1 N–H and O–H groups in total. The van der Waals surface area contributed by atoms with E-state index in [-0.39, 0.29) is 16.3 Å². The molecule has 10 nitrogen and oxygen atoms in total. The van der Waals surface area contributed by atoms with Crippen LogP contribution in [0.5, 0.6) is 11.5 Å². The third-order valence-electron chi connectivity index (χ3n) is 8.56. The predicted octanol–water partition coefficient (Wildman–Crippen LogP) is 6.10. The first-order valence-corrected chi connectivity index (χ1v) is 17.1. The fourth-order valence-corrected chi connectivity index (χ4v) is 7.74. The van der Waals surface area contributed by atoms with Gasteiger partial charge in [-0.2, -0.15) is 4.31 Å². The second-order valence-corrected chi connectivity index (χ2v) is 13.5. The summed E-state index contributed by atoms with van der Waals surface area (Å²) in [5.74, 6) is -0.207. The summed E-state index contributed by atoms with van der Waals surface area (Å²) in [6.45, 7) is 0.335. The van der Waals surface area contributed by atoms with Gasteiger partial charge in [0.05, 0.1) is 41.6 Å². The predicted molar refractivity (Wildman–Crippen MR) is 180 cm³/mol. The van der Waals surface area contributed by atoms with Gasteiger partial charge in [-0.25, -0.2) is 18.2 Å². The third-order valence-corrected chi connectivity index (χ3v) is 10.5. The van der Waals surface area contributed by atoms with Crippen molar-refractivity contribution >= 4 is 50.1 Å². The van der Waals surface area contributed by atoms with E-state index >= 15 is 0 Å². The van der Waals surface area contributed by atoms with E-state index in [2.05, 4.69) is 11.4 Å². The lowest BCUT2D eigenvalue weighted by Gasteiger charge is -2.26. The van der Waals surface area contributed by atoms with Crippen LogP contribution in [-0.2, 0) is 26.0 Å². The number of amides is 1. The SMILES string of the molecule is COc1ccc(C=C2CCCc3c2nc2ccccc2c3C(=O)OCC(=O)Nc2cc(S(=O)(=O)N3CCCCC3)ccc2OC)cc1. The number of para-hydroxylation sites is 1. The zero-order valence-corrected chi connectivity index (χ0v) is 27.3. The Labute approximate surface area is 274 Å². The molecule has 2 aliphatic rings. The Morgan fingerprint density at radius 2 is 1.68 bits per heavy atom. The average molecular weight is 656 g/mol. The number of pyridine rings is 1. The largest absolute Gasteiger partial charge is 0.497 e. The van der Waals surface area contributed by atoms with E-state index in [4.69, 9.17) is 19.2 Å². The number of allylic oxidation sites excluding steroid dienone is 1. The molecule has 0 spiro atoms. The van der Waals surface area contributed by atoms with Crippen molar-refractivity contribution in [1.29, 1.82) is 0 Å². The van der Waals surface area contributed by atoms with Crippen molar-refractivity contribution < 1.29 is 32.2 Å². The molecule has 1 aliphatic heterocycles. The van der Waals surface area contributed by atoms with Gasteiger partial charge in [-0.3, -0.25) is 4.79 Å². The highest BCUT2D eigenvalue weighted by Gasteiger charge is 2.28. The first-order chi connectivity index (χ1) is 22.8. The number of nitrogens with zero attached hydrogens (tertiary/aromatic N) is 2. The quantitative estimate of drug-likeness (QED) is 0.215. The number of ether oxygens (including phenoxy) is 3. The van der Waals surface area contributed by atoms with Crippen LogP contribution in [0.25, 0.3) is 22.6 Å². The number of rotatable bonds is 9. The van der Waals surface area contributed by atoms with Crippen molar-refractivity contribution in [3.05, 3.63) is 89.1 Å². The van der Waals surface area contributed by atoms with Gasteiger partial charge < -0.3 is 19.5 Å². The maximum atomic E-state index is 13.7. The first-order valence-electron chi connectivity index (χ1n) is 15.7. The maximum absolute atomic E-state index is 13.7. The summed E-state index contributed by atoms with van der Waals surface area (Å²) in [5, 5.41) is 3.32. The highest BCUT2D eigenvalue weighted by molar-refractivity contribution is 7.89. The lowest BCUT2D eigenvalue weighted by Crippen LogP contribution is -2.35.